The molecule has 0 atom stereocenters. The van der Waals surface area contributed by atoms with Crippen molar-refractivity contribution in [3.05, 3.63) is 22.8 Å². The highest BCUT2D eigenvalue weighted by atomic mass is 32.1. The van der Waals surface area contributed by atoms with Crippen LogP contribution in [0.15, 0.2) is 11.6 Å². The maximum Gasteiger partial charge on any atom is 0.221 e. The molecule has 7 nitrogen and oxygen atoms in total. The lowest BCUT2D eigenvalue weighted by Gasteiger charge is -2.26. The van der Waals surface area contributed by atoms with Crippen LogP contribution in [0.5, 0.6) is 0 Å². The molecule has 8 heteroatoms. The molecule has 1 aliphatic heterocycles. The van der Waals surface area contributed by atoms with Gasteiger partial charge in [-0.15, -0.1) is 11.3 Å². The van der Waals surface area contributed by atoms with Crippen molar-refractivity contribution in [2.24, 2.45) is 0 Å². The molecule has 1 saturated heterocycles. The third kappa shape index (κ3) is 2.81. The number of nitrogens with zero attached hydrogens (tertiary/aromatic N) is 4. The molecule has 0 unspecified atom stereocenters. The van der Waals surface area contributed by atoms with Crippen molar-refractivity contribution >= 4 is 28.2 Å². The van der Waals surface area contributed by atoms with Crippen LogP contribution in [-0.2, 0) is 11.2 Å². The Hall–Kier alpha value is -1.93. The van der Waals surface area contributed by atoms with Crippen molar-refractivity contribution in [3.8, 4) is 0 Å². The molecule has 3 rings (SSSR count). The van der Waals surface area contributed by atoms with Crippen LogP contribution in [0.25, 0.3) is 0 Å². The van der Waals surface area contributed by atoms with E-state index in [0.29, 0.717) is 12.2 Å². The van der Waals surface area contributed by atoms with E-state index >= 15 is 0 Å². The monoisotopic (exact) mass is 292 g/mol. The summed E-state index contributed by atoms with van der Waals surface area (Å²) in [5, 5.41) is 3.07. The van der Waals surface area contributed by atoms with Gasteiger partial charge >= 0.3 is 0 Å². The fourth-order valence-corrected chi connectivity index (χ4v) is 2.92. The van der Waals surface area contributed by atoms with Crippen LogP contribution in [0.3, 0.4) is 0 Å². The summed E-state index contributed by atoms with van der Waals surface area (Å²) in [4.78, 5) is 14.8. The molecular formula is C12H16N6OS. The Kier molecular flexibility index (Phi) is 3.66. The van der Waals surface area contributed by atoms with Gasteiger partial charge in [0.05, 0.1) is 18.9 Å². The van der Waals surface area contributed by atoms with Gasteiger partial charge in [-0.25, -0.2) is 9.97 Å². The summed E-state index contributed by atoms with van der Waals surface area (Å²) in [5.41, 5.74) is 13.1. The molecule has 2 aromatic rings. The van der Waals surface area contributed by atoms with Crippen LogP contribution in [0.4, 0.5) is 16.9 Å². The SMILES string of the molecule is Nc1ncc(Cc2csc(N3CCOCC3)n2)c(N)n1. The minimum absolute atomic E-state index is 0.193. The zero-order chi connectivity index (χ0) is 13.9. The van der Waals surface area contributed by atoms with Gasteiger partial charge in [-0.3, -0.25) is 0 Å². The van der Waals surface area contributed by atoms with Crippen molar-refractivity contribution in [1.29, 1.82) is 0 Å². The standard InChI is InChI=1S/C12H16N6OS/c13-10-8(6-15-11(14)17-10)5-9-7-20-12(16-9)18-1-3-19-4-2-18/h6-7H,1-5H2,(H4,13,14,15,17). The number of morpholine rings is 1. The smallest absolute Gasteiger partial charge is 0.221 e. The highest BCUT2D eigenvalue weighted by Crippen LogP contribution is 2.23. The first-order valence-electron chi connectivity index (χ1n) is 6.36. The molecule has 106 valence electrons. The third-order valence-corrected chi connectivity index (χ3v) is 4.06. The Labute approximate surface area is 120 Å². The second kappa shape index (κ2) is 5.59. The molecule has 0 aromatic carbocycles. The van der Waals surface area contributed by atoms with Gasteiger partial charge in [0.2, 0.25) is 5.95 Å². The minimum Gasteiger partial charge on any atom is -0.383 e. The summed E-state index contributed by atoms with van der Waals surface area (Å²) in [5.74, 6) is 0.608. The van der Waals surface area contributed by atoms with Crippen molar-refractivity contribution in [2.45, 2.75) is 6.42 Å². The second-order valence-electron chi connectivity index (χ2n) is 4.54. The van der Waals surface area contributed by atoms with Gasteiger partial charge in [0.15, 0.2) is 5.13 Å². The molecule has 1 fully saturated rings. The van der Waals surface area contributed by atoms with E-state index < -0.39 is 0 Å². The van der Waals surface area contributed by atoms with Crippen molar-refractivity contribution in [2.75, 3.05) is 42.7 Å². The van der Waals surface area contributed by atoms with Gasteiger partial charge in [-0.05, 0) is 0 Å². The molecule has 0 spiro atoms. The molecule has 1 aliphatic rings. The normalized spacial score (nSPS) is 15.5. The number of hydrogen-bond acceptors (Lipinski definition) is 8. The summed E-state index contributed by atoms with van der Waals surface area (Å²) >= 11 is 1.64. The third-order valence-electron chi connectivity index (χ3n) is 3.11. The van der Waals surface area contributed by atoms with Crippen LogP contribution in [-0.4, -0.2) is 41.3 Å². The maximum absolute atomic E-state index is 5.84. The first kappa shape index (κ1) is 13.1. The lowest BCUT2D eigenvalue weighted by atomic mass is 10.2. The number of thiazole rings is 1. The first-order valence-corrected chi connectivity index (χ1v) is 7.24. The van der Waals surface area contributed by atoms with E-state index in [1.165, 1.54) is 0 Å². The molecule has 0 radical (unpaired) electrons. The van der Waals surface area contributed by atoms with Gasteiger partial charge < -0.3 is 21.1 Å². The Morgan fingerprint density at radius 2 is 2.05 bits per heavy atom. The average molecular weight is 292 g/mol. The average Bonchev–Trinajstić information content (AvgIpc) is 2.92. The number of nitrogen functional groups attached to an aromatic ring is 2. The lowest BCUT2D eigenvalue weighted by Crippen LogP contribution is -2.36. The maximum atomic E-state index is 5.84. The summed E-state index contributed by atoms with van der Waals surface area (Å²) in [7, 11) is 0. The fraction of sp³-hybridized carbons (Fsp3) is 0.417. The molecule has 20 heavy (non-hydrogen) atoms. The van der Waals surface area contributed by atoms with E-state index in [1.807, 2.05) is 5.38 Å². The number of ether oxygens (including phenoxy) is 1. The zero-order valence-corrected chi connectivity index (χ0v) is 11.8. The number of hydrogen-bond donors (Lipinski definition) is 2. The second-order valence-corrected chi connectivity index (χ2v) is 5.37. The molecule has 2 aromatic heterocycles. The molecular weight excluding hydrogens is 276 g/mol. The van der Waals surface area contributed by atoms with Crippen LogP contribution in [0.1, 0.15) is 11.3 Å². The Bertz CT molecular complexity index is 595. The fourth-order valence-electron chi connectivity index (χ4n) is 2.04. The van der Waals surface area contributed by atoms with Gasteiger partial charge in [0.25, 0.3) is 0 Å². The quantitative estimate of drug-likeness (QED) is 0.850. The van der Waals surface area contributed by atoms with E-state index in [1.54, 1.807) is 17.5 Å². The Morgan fingerprint density at radius 3 is 2.80 bits per heavy atom. The largest absolute Gasteiger partial charge is 0.383 e. The Morgan fingerprint density at radius 1 is 1.25 bits per heavy atom. The van der Waals surface area contributed by atoms with Gasteiger partial charge in [0, 0.05) is 36.7 Å². The number of nitrogens with two attached hydrogens (primary N) is 2. The van der Waals surface area contributed by atoms with E-state index in [2.05, 4.69) is 19.9 Å². The molecule has 4 N–H and O–H groups in total. The van der Waals surface area contributed by atoms with Crippen LogP contribution < -0.4 is 16.4 Å². The molecule has 0 amide bonds. The summed E-state index contributed by atoms with van der Waals surface area (Å²) in [6.45, 7) is 3.29. The summed E-state index contributed by atoms with van der Waals surface area (Å²) in [6, 6.07) is 0. The zero-order valence-electron chi connectivity index (χ0n) is 11.0. The summed E-state index contributed by atoms with van der Waals surface area (Å²) < 4.78 is 5.34. The molecule has 0 saturated carbocycles. The number of rotatable bonds is 3. The highest BCUT2D eigenvalue weighted by Gasteiger charge is 2.15. The van der Waals surface area contributed by atoms with Gasteiger partial charge in [-0.1, -0.05) is 0 Å². The van der Waals surface area contributed by atoms with E-state index in [4.69, 9.17) is 16.2 Å². The highest BCUT2D eigenvalue weighted by molar-refractivity contribution is 7.13. The van der Waals surface area contributed by atoms with E-state index in [9.17, 15) is 0 Å². The summed E-state index contributed by atoms with van der Waals surface area (Å²) in [6.07, 6.45) is 2.28. The van der Waals surface area contributed by atoms with E-state index in [0.717, 1.165) is 42.7 Å². The van der Waals surface area contributed by atoms with Gasteiger partial charge in [-0.2, -0.15) is 4.98 Å². The predicted molar refractivity (Wildman–Crippen MR) is 78.8 cm³/mol. The topological polar surface area (TPSA) is 103 Å². The van der Waals surface area contributed by atoms with Crippen LogP contribution in [0.2, 0.25) is 0 Å². The van der Waals surface area contributed by atoms with E-state index in [-0.39, 0.29) is 5.95 Å². The van der Waals surface area contributed by atoms with Crippen molar-refractivity contribution in [3.63, 3.8) is 0 Å². The number of anilines is 3. The molecule has 0 aliphatic carbocycles. The minimum atomic E-state index is 0.193. The predicted octanol–water partition coefficient (Wildman–Crippen LogP) is 0.525. The lowest BCUT2D eigenvalue weighted by molar-refractivity contribution is 0.122. The van der Waals surface area contributed by atoms with Crippen molar-refractivity contribution < 1.29 is 4.74 Å². The Balaban J connectivity index is 1.73. The molecule has 3 heterocycles. The van der Waals surface area contributed by atoms with Crippen LogP contribution in [0, 0.1) is 0 Å². The van der Waals surface area contributed by atoms with Gasteiger partial charge in [0.1, 0.15) is 5.82 Å². The van der Waals surface area contributed by atoms with Crippen LogP contribution >= 0.6 is 11.3 Å². The molecule has 0 bridgehead atoms. The van der Waals surface area contributed by atoms with Crippen molar-refractivity contribution in [1.82, 2.24) is 15.0 Å². The first-order chi connectivity index (χ1) is 9.72. The number of aromatic nitrogens is 3.